The van der Waals surface area contributed by atoms with Crippen LogP contribution in [0.1, 0.15) is 19.7 Å². The summed E-state index contributed by atoms with van der Waals surface area (Å²) in [5.74, 6) is 0.247. The van der Waals surface area contributed by atoms with Crippen molar-refractivity contribution in [1.82, 2.24) is 9.97 Å². The predicted molar refractivity (Wildman–Crippen MR) is 74.8 cm³/mol. The van der Waals surface area contributed by atoms with Gasteiger partial charge < -0.3 is 5.21 Å². The summed E-state index contributed by atoms with van der Waals surface area (Å²) in [4.78, 5) is 19.8. The largest absolute Gasteiger partial charge is 0.595 e. The van der Waals surface area contributed by atoms with Gasteiger partial charge in [0.15, 0.2) is 17.6 Å². The van der Waals surface area contributed by atoms with Crippen molar-refractivity contribution in [3.63, 3.8) is 0 Å². The molecule has 0 radical (unpaired) electrons. The van der Waals surface area contributed by atoms with Gasteiger partial charge in [0.05, 0.1) is 11.6 Å². The predicted octanol–water partition coefficient (Wildman–Crippen LogP) is 2.54. The van der Waals surface area contributed by atoms with E-state index in [9.17, 15) is 10.0 Å². The molecule has 1 heterocycles. The minimum absolute atomic E-state index is 0.166. The Bertz CT molecular complexity index is 694. The zero-order valence-corrected chi connectivity index (χ0v) is 11.2. The summed E-state index contributed by atoms with van der Waals surface area (Å²) < 4.78 is 0. The number of aromatic nitrogens is 2. The van der Waals surface area contributed by atoms with Gasteiger partial charge in [-0.2, -0.15) is 0 Å². The van der Waals surface area contributed by atoms with E-state index in [-0.39, 0.29) is 5.78 Å². The number of benzene rings is 1. The molecule has 6 nitrogen and oxygen atoms in total. The topological polar surface area (TPSA) is 81.3 Å². The van der Waals surface area contributed by atoms with E-state index in [1.807, 2.05) is 24.3 Å². The average Bonchev–Trinajstić information content (AvgIpc) is 2.44. The molecule has 20 heavy (non-hydrogen) atoms. The number of azo groups is 1. The van der Waals surface area contributed by atoms with Crippen LogP contribution in [0.3, 0.4) is 0 Å². The van der Waals surface area contributed by atoms with Crippen LogP contribution in [0, 0.1) is 5.21 Å². The molecule has 0 aliphatic carbocycles. The van der Waals surface area contributed by atoms with Crippen LogP contribution in [0.2, 0.25) is 0 Å². The number of nitrogens with zero attached hydrogens (tertiary/aromatic N) is 4. The number of Topliss-reactive ketones (excluding diaryl/α,β-unsaturated/α-hetero) is 1. The van der Waals surface area contributed by atoms with Crippen LogP contribution < -0.4 is 0 Å². The van der Waals surface area contributed by atoms with Crippen LogP contribution in [0.4, 0.5) is 0 Å². The number of carbonyl (C=O) groups is 1. The Kier molecular flexibility index (Phi) is 4.14. The van der Waals surface area contributed by atoms with Crippen LogP contribution >= 0.6 is 0 Å². The smallest absolute Gasteiger partial charge is 0.213 e. The lowest BCUT2D eigenvalue weighted by atomic mass is 10.2. The number of rotatable bonds is 4. The van der Waals surface area contributed by atoms with E-state index < -0.39 is 6.04 Å². The summed E-state index contributed by atoms with van der Waals surface area (Å²) in [6.07, 6.45) is 4.33. The van der Waals surface area contributed by atoms with Gasteiger partial charge in [0.25, 0.3) is 0 Å². The normalized spacial score (nSPS) is 13.8. The number of carbonyl (C=O) groups excluding carboxylic acids is 1. The number of hydroxylamine groups is 1. The van der Waals surface area contributed by atoms with Gasteiger partial charge in [0.1, 0.15) is 0 Å². The lowest BCUT2D eigenvalue weighted by molar-refractivity contribution is -0.459. The maximum Gasteiger partial charge on any atom is 0.213 e. The lowest BCUT2D eigenvalue weighted by Gasteiger charge is -1.99. The second-order valence-electron chi connectivity index (χ2n) is 4.31. The molecule has 0 saturated heterocycles. The second kappa shape index (κ2) is 6.01. The van der Waals surface area contributed by atoms with Gasteiger partial charge in [-0.15, -0.1) is 0 Å². The molecule has 2 rings (SSSR count). The number of para-hydroxylation sites is 1. The van der Waals surface area contributed by atoms with Crippen molar-refractivity contribution in [3.8, 4) is 0 Å². The van der Waals surface area contributed by atoms with Gasteiger partial charge in [-0.3, -0.25) is 4.79 Å². The highest BCUT2D eigenvalue weighted by Crippen LogP contribution is 2.10. The molecule has 102 valence electrons. The second-order valence-corrected chi connectivity index (χ2v) is 4.31. The molecule has 0 aliphatic rings. The van der Waals surface area contributed by atoms with Gasteiger partial charge in [0.2, 0.25) is 6.20 Å². The fourth-order valence-corrected chi connectivity index (χ4v) is 1.49. The van der Waals surface area contributed by atoms with Crippen molar-refractivity contribution in [2.24, 2.45) is 5.11 Å². The summed E-state index contributed by atoms with van der Waals surface area (Å²) in [5.41, 5.74) is 0.800. The van der Waals surface area contributed by atoms with E-state index in [4.69, 9.17) is 0 Å². The molecule has 0 N–H and O–H groups in total. The van der Waals surface area contributed by atoms with E-state index in [0.29, 0.717) is 10.7 Å². The fourth-order valence-electron chi connectivity index (χ4n) is 1.49. The zero-order valence-electron chi connectivity index (χ0n) is 11.2. The number of hydrogen-bond acceptors (Lipinski definition) is 5. The molecule has 0 spiro atoms. The first-order valence-corrected chi connectivity index (χ1v) is 6.14. The summed E-state index contributed by atoms with van der Waals surface area (Å²) >= 11 is 0. The Morgan fingerprint density at radius 1 is 1.45 bits per heavy atom. The van der Waals surface area contributed by atoms with Crippen molar-refractivity contribution >= 4 is 22.8 Å². The highest BCUT2D eigenvalue weighted by Gasteiger charge is 2.08. The first-order valence-electron chi connectivity index (χ1n) is 6.14. The van der Waals surface area contributed by atoms with Crippen LogP contribution in [-0.2, 0) is 4.79 Å². The third-order valence-corrected chi connectivity index (χ3v) is 2.73. The van der Waals surface area contributed by atoms with Gasteiger partial charge in [-0.1, -0.05) is 23.1 Å². The van der Waals surface area contributed by atoms with E-state index in [1.54, 1.807) is 13.1 Å². The SMILES string of the molecule is CC(=O)C(C)N=[N+]([O-])/C=C/c1ncc2ccccc2n1. The Labute approximate surface area is 116 Å². The van der Waals surface area contributed by atoms with E-state index >= 15 is 0 Å². The Hall–Kier alpha value is -2.63. The molecule has 0 bridgehead atoms. The fraction of sp³-hybridized carbons (Fsp3) is 0.214. The lowest BCUT2D eigenvalue weighted by Crippen LogP contribution is -2.12. The molecule has 2 aromatic rings. The third-order valence-electron chi connectivity index (χ3n) is 2.73. The van der Waals surface area contributed by atoms with Gasteiger partial charge in [-0.25, -0.2) is 9.97 Å². The summed E-state index contributed by atoms with van der Waals surface area (Å²) in [5, 5.41) is 16.0. The van der Waals surface area contributed by atoms with Gasteiger partial charge >= 0.3 is 0 Å². The van der Waals surface area contributed by atoms with Crippen molar-refractivity contribution < 1.29 is 9.66 Å². The average molecular weight is 270 g/mol. The Morgan fingerprint density at radius 2 is 2.20 bits per heavy atom. The molecule has 1 aromatic heterocycles. The summed E-state index contributed by atoms with van der Waals surface area (Å²) in [6, 6.07) is 6.91. The molecule has 0 fully saturated rings. The molecule has 0 saturated carbocycles. The Balaban J connectivity index is 2.19. The standard InChI is InChI=1S/C14H14N4O2/c1-10(11(2)19)17-18(20)8-7-14-15-9-12-5-3-4-6-13(12)16-14/h3-10H,1-2H3/b8-7+,18-17?. The molecule has 6 heteroatoms. The third kappa shape index (κ3) is 3.44. The molecule has 0 amide bonds. The molecular weight excluding hydrogens is 256 g/mol. The number of hydrogen-bond donors (Lipinski definition) is 0. The maximum atomic E-state index is 11.5. The van der Waals surface area contributed by atoms with E-state index in [2.05, 4.69) is 15.1 Å². The van der Waals surface area contributed by atoms with Gasteiger partial charge in [-0.05, 0) is 25.0 Å². The van der Waals surface area contributed by atoms with Crippen LogP contribution in [-0.4, -0.2) is 26.7 Å². The van der Waals surface area contributed by atoms with Gasteiger partial charge in [0, 0.05) is 11.6 Å². The quantitative estimate of drug-likeness (QED) is 0.485. The van der Waals surface area contributed by atoms with Crippen molar-refractivity contribution in [3.05, 3.63) is 47.7 Å². The molecular formula is C14H14N4O2. The molecule has 0 aliphatic heterocycles. The minimum Gasteiger partial charge on any atom is -0.595 e. The maximum absolute atomic E-state index is 11.5. The number of ketones is 1. The number of fused-ring (bicyclic) bond motifs is 1. The minimum atomic E-state index is -0.658. The first-order chi connectivity index (χ1) is 9.56. The molecule has 1 unspecified atom stereocenters. The van der Waals surface area contributed by atoms with E-state index in [1.165, 1.54) is 19.2 Å². The van der Waals surface area contributed by atoms with Crippen LogP contribution in [0.25, 0.3) is 17.0 Å². The Morgan fingerprint density at radius 3 is 2.95 bits per heavy atom. The summed E-state index contributed by atoms with van der Waals surface area (Å²) in [7, 11) is 0. The van der Waals surface area contributed by atoms with Crippen molar-refractivity contribution in [2.75, 3.05) is 0 Å². The van der Waals surface area contributed by atoms with Crippen LogP contribution in [0.15, 0.2) is 41.8 Å². The van der Waals surface area contributed by atoms with Crippen molar-refractivity contribution in [2.45, 2.75) is 19.9 Å². The van der Waals surface area contributed by atoms with E-state index in [0.717, 1.165) is 10.9 Å². The monoisotopic (exact) mass is 270 g/mol. The highest BCUT2D eigenvalue weighted by atomic mass is 16.5. The highest BCUT2D eigenvalue weighted by molar-refractivity contribution is 5.80. The van der Waals surface area contributed by atoms with Crippen LogP contribution in [0.5, 0.6) is 0 Å². The first kappa shape index (κ1) is 13.8. The van der Waals surface area contributed by atoms with Crippen molar-refractivity contribution in [1.29, 1.82) is 0 Å². The molecule has 1 aromatic carbocycles. The molecule has 1 atom stereocenters. The zero-order chi connectivity index (χ0) is 14.5. The summed E-state index contributed by atoms with van der Waals surface area (Å²) in [6.45, 7) is 2.95.